The van der Waals surface area contributed by atoms with Crippen molar-refractivity contribution >= 4 is 23.3 Å². The fraction of sp³-hybridized carbons (Fsp3) is 0.150. The largest absolute Gasteiger partial charge is 0.491 e. The lowest BCUT2D eigenvalue weighted by atomic mass is 9.90. The predicted molar refractivity (Wildman–Crippen MR) is 92.5 cm³/mol. The Hall–Kier alpha value is -3.97. The van der Waals surface area contributed by atoms with Gasteiger partial charge < -0.3 is 14.2 Å². The number of esters is 1. The fourth-order valence-electron chi connectivity index (χ4n) is 3.04. The maximum absolute atomic E-state index is 14.2. The molecule has 1 unspecified atom stereocenters. The summed E-state index contributed by atoms with van der Waals surface area (Å²) in [6.07, 6.45) is 0.0306. The van der Waals surface area contributed by atoms with Crippen LogP contribution >= 0.6 is 0 Å². The van der Waals surface area contributed by atoms with Crippen LogP contribution in [0.25, 0.3) is 5.76 Å². The van der Waals surface area contributed by atoms with E-state index in [0.29, 0.717) is 14.2 Å². The zero-order valence-corrected chi connectivity index (χ0v) is 16.6. The molecule has 1 atom stereocenters. The van der Waals surface area contributed by atoms with Crippen LogP contribution in [0.1, 0.15) is 15.9 Å². The molecule has 1 heterocycles. The van der Waals surface area contributed by atoms with Crippen LogP contribution in [0.3, 0.4) is 0 Å². The molecule has 0 aromatic heterocycles. The standard InChI is InChI=1S/C20H8F8O6/c1-32-18-13(25)9(21)7(10(22)14(18)26)5-3-4(29)6(20(31)34-5)17(30)8-11(23)15(27)19(33-2)16(28)12(8)24/h3,6H,1-2H3. The Morgan fingerprint density at radius 1 is 0.735 bits per heavy atom. The molecule has 6 nitrogen and oxygen atoms in total. The second-order valence-electron chi connectivity index (χ2n) is 6.46. The number of hydrogen-bond donors (Lipinski definition) is 0. The summed E-state index contributed by atoms with van der Waals surface area (Å²) >= 11 is 0. The molecule has 0 N–H and O–H groups in total. The van der Waals surface area contributed by atoms with E-state index >= 15 is 0 Å². The van der Waals surface area contributed by atoms with Gasteiger partial charge in [0.25, 0.3) is 0 Å². The van der Waals surface area contributed by atoms with Gasteiger partial charge in [-0.1, -0.05) is 0 Å². The summed E-state index contributed by atoms with van der Waals surface area (Å²) in [5.41, 5.74) is -3.66. The summed E-state index contributed by atoms with van der Waals surface area (Å²) in [6, 6.07) is 0. The highest BCUT2D eigenvalue weighted by Crippen LogP contribution is 2.37. The van der Waals surface area contributed by atoms with Crippen molar-refractivity contribution in [3.63, 3.8) is 0 Å². The molecule has 0 saturated carbocycles. The minimum Gasteiger partial charge on any atom is -0.491 e. The van der Waals surface area contributed by atoms with Crippen LogP contribution in [0.5, 0.6) is 11.5 Å². The van der Waals surface area contributed by atoms with Crippen molar-refractivity contribution in [3.05, 3.63) is 63.7 Å². The lowest BCUT2D eigenvalue weighted by Crippen LogP contribution is -2.37. The number of allylic oxidation sites excluding steroid dienone is 1. The first-order valence-corrected chi connectivity index (χ1v) is 8.70. The van der Waals surface area contributed by atoms with E-state index in [9.17, 15) is 49.5 Å². The van der Waals surface area contributed by atoms with E-state index in [1.165, 1.54) is 0 Å². The summed E-state index contributed by atoms with van der Waals surface area (Å²) in [5, 5.41) is 0. The van der Waals surface area contributed by atoms with Crippen LogP contribution in [0, 0.1) is 52.5 Å². The number of cyclic esters (lactones) is 1. The number of hydrogen-bond acceptors (Lipinski definition) is 6. The van der Waals surface area contributed by atoms with Gasteiger partial charge in [-0.05, 0) is 0 Å². The normalized spacial score (nSPS) is 15.7. The fourth-order valence-corrected chi connectivity index (χ4v) is 3.04. The number of ether oxygens (including phenoxy) is 3. The van der Waals surface area contributed by atoms with Crippen LogP contribution in [0.4, 0.5) is 35.1 Å². The molecule has 180 valence electrons. The maximum atomic E-state index is 14.2. The molecule has 0 spiro atoms. The molecule has 0 bridgehead atoms. The molecule has 2 aromatic rings. The zero-order chi connectivity index (χ0) is 25.6. The third-order valence-electron chi connectivity index (χ3n) is 4.61. The highest BCUT2D eigenvalue weighted by Gasteiger charge is 2.44. The Kier molecular flexibility index (Phi) is 6.35. The van der Waals surface area contributed by atoms with Crippen LogP contribution in [-0.2, 0) is 14.3 Å². The van der Waals surface area contributed by atoms with Crippen molar-refractivity contribution in [2.24, 2.45) is 5.92 Å². The number of Topliss-reactive ketones (excluding diaryl/α,β-unsaturated/α-hetero) is 1. The Labute approximate surface area is 183 Å². The van der Waals surface area contributed by atoms with E-state index in [1.807, 2.05) is 0 Å². The second kappa shape index (κ2) is 8.76. The topological polar surface area (TPSA) is 78.9 Å². The quantitative estimate of drug-likeness (QED) is 0.206. The first kappa shape index (κ1) is 24.7. The Balaban J connectivity index is 2.11. The Bertz CT molecular complexity index is 1240. The Morgan fingerprint density at radius 3 is 1.53 bits per heavy atom. The van der Waals surface area contributed by atoms with E-state index in [-0.39, 0.29) is 6.08 Å². The van der Waals surface area contributed by atoms with Gasteiger partial charge in [-0.25, -0.2) is 17.6 Å². The molecular weight excluding hydrogens is 488 g/mol. The molecule has 0 saturated heterocycles. The molecular formula is C20H8F8O6. The van der Waals surface area contributed by atoms with Crippen LogP contribution in [0.15, 0.2) is 6.08 Å². The summed E-state index contributed by atoms with van der Waals surface area (Å²) in [4.78, 5) is 37.0. The van der Waals surface area contributed by atoms with Crippen LogP contribution < -0.4 is 9.47 Å². The third-order valence-corrected chi connectivity index (χ3v) is 4.61. The van der Waals surface area contributed by atoms with Gasteiger partial charge in [-0.3, -0.25) is 14.4 Å². The van der Waals surface area contributed by atoms with Gasteiger partial charge in [-0.2, -0.15) is 17.6 Å². The first-order chi connectivity index (χ1) is 15.9. The highest BCUT2D eigenvalue weighted by molar-refractivity contribution is 6.28. The molecule has 14 heteroatoms. The number of carbonyl (C=O) groups excluding carboxylic acids is 3. The van der Waals surface area contributed by atoms with Crippen LogP contribution in [0.2, 0.25) is 0 Å². The number of benzene rings is 2. The minimum absolute atomic E-state index is 0.0306. The number of rotatable bonds is 5. The van der Waals surface area contributed by atoms with E-state index in [4.69, 9.17) is 0 Å². The lowest BCUT2D eigenvalue weighted by molar-refractivity contribution is -0.144. The smallest absolute Gasteiger partial charge is 0.330 e. The summed E-state index contributed by atoms with van der Waals surface area (Å²) in [7, 11) is 1.34. The SMILES string of the molecule is COc1c(F)c(F)c(C(=O)C2C(=O)C=C(c3c(F)c(F)c(OC)c(F)c3F)OC2=O)c(F)c1F. The monoisotopic (exact) mass is 496 g/mol. The number of ketones is 2. The molecule has 0 radical (unpaired) electrons. The van der Waals surface area contributed by atoms with E-state index in [1.54, 1.807) is 0 Å². The van der Waals surface area contributed by atoms with Crippen molar-refractivity contribution in [1.29, 1.82) is 0 Å². The van der Waals surface area contributed by atoms with Gasteiger partial charge in [0.1, 0.15) is 5.76 Å². The second-order valence-corrected chi connectivity index (χ2v) is 6.46. The van der Waals surface area contributed by atoms with Gasteiger partial charge in [0.05, 0.1) is 25.3 Å². The van der Waals surface area contributed by atoms with E-state index in [0.717, 1.165) is 0 Å². The number of carbonyl (C=O) groups is 3. The Morgan fingerprint density at radius 2 is 1.15 bits per heavy atom. The number of methoxy groups -OCH3 is 2. The van der Waals surface area contributed by atoms with Gasteiger partial charge in [-0.15, -0.1) is 0 Å². The molecule has 1 aliphatic heterocycles. The van der Waals surface area contributed by atoms with E-state index < -0.39 is 98.4 Å². The maximum Gasteiger partial charge on any atom is 0.330 e. The van der Waals surface area contributed by atoms with Crippen molar-refractivity contribution in [1.82, 2.24) is 0 Å². The molecule has 2 aromatic carbocycles. The van der Waals surface area contributed by atoms with Crippen molar-refractivity contribution in [3.8, 4) is 11.5 Å². The average Bonchev–Trinajstić information content (AvgIpc) is 2.77. The molecule has 3 rings (SSSR count). The van der Waals surface area contributed by atoms with Gasteiger partial charge >= 0.3 is 5.97 Å². The summed E-state index contributed by atoms with van der Waals surface area (Å²) in [5.74, 6) is -30.4. The van der Waals surface area contributed by atoms with Crippen molar-refractivity contribution in [2.45, 2.75) is 0 Å². The highest BCUT2D eigenvalue weighted by atomic mass is 19.2. The lowest BCUT2D eigenvalue weighted by Gasteiger charge is -2.21. The molecule has 0 aliphatic carbocycles. The van der Waals surface area contributed by atoms with Crippen molar-refractivity contribution in [2.75, 3.05) is 14.2 Å². The first-order valence-electron chi connectivity index (χ1n) is 8.70. The average molecular weight is 496 g/mol. The predicted octanol–water partition coefficient (Wildman–Crippen LogP) is 3.78. The third kappa shape index (κ3) is 3.54. The van der Waals surface area contributed by atoms with Gasteiger partial charge in [0.2, 0.25) is 23.3 Å². The molecule has 1 aliphatic rings. The van der Waals surface area contributed by atoms with Crippen LogP contribution in [-0.4, -0.2) is 31.8 Å². The zero-order valence-electron chi connectivity index (χ0n) is 16.6. The number of halogens is 8. The van der Waals surface area contributed by atoms with Gasteiger partial charge in [0, 0.05) is 6.08 Å². The summed E-state index contributed by atoms with van der Waals surface area (Å²) < 4.78 is 125. The molecule has 0 amide bonds. The molecule has 0 fully saturated rings. The van der Waals surface area contributed by atoms with Crippen molar-refractivity contribution < 1.29 is 63.7 Å². The van der Waals surface area contributed by atoms with Gasteiger partial charge in [0.15, 0.2) is 52.3 Å². The van der Waals surface area contributed by atoms with E-state index in [2.05, 4.69) is 14.2 Å². The summed E-state index contributed by atoms with van der Waals surface area (Å²) in [6.45, 7) is 0. The molecule has 34 heavy (non-hydrogen) atoms. The minimum atomic E-state index is -2.78.